The molecule has 0 aliphatic rings. The molecule has 1 aromatic heterocycles. The third kappa shape index (κ3) is 3.54. The first kappa shape index (κ1) is 13.5. The van der Waals surface area contributed by atoms with Crippen molar-refractivity contribution in [3.63, 3.8) is 0 Å². The van der Waals surface area contributed by atoms with Crippen molar-refractivity contribution in [1.29, 1.82) is 0 Å². The number of aryl methyl sites for hydroxylation is 1. The number of rotatable bonds is 5. The minimum atomic E-state index is 0.310. The maximum atomic E-state index is 5.66. The van der Waals surface area contributed by atoms with Gasteiger partial charge in [-0.05, 0) is 37.6 Å². The van der Waals surface area contributed by atoms with Crippen molar-refractivity contribution in [3.8, 4) is 0 Å². The minimum absolute atomic E-state index is 0.310. The fourth-order valence-electron chi connectivity index (χ4n) is 2.07. The van der Waals surface area contributed by atoms with E-state index in [1.807, 2.05) is 36.1 Å². The highest BCUT2D eigenvalue weighted by Gasteiger charge is 2.06. The van der Waals surface area contributed by atoms with Gasteiger partial charge in [0.2, 0.25) is 0 Å². The zero-order valence-corrected chi connectivity index (χ0v) is 11.9. The van der Waals surface area contributed by atoms with E-state index in [1.54, 1.807) is 6.20 Å². The summed E-state index contributed by atoms with van der Waals surface area (Å²) >= 11 is 5.00. The van der Waals surface area contributed by atoms with Crippen LogP contribution in [-0.4, -0.2) is 20.6 Å². The second-order valence-electron chi connectivity index (χ2n) is 4.70. The fraction of sp³-hybridized carbons (Fsp3) is 0.286. The van der Waals surface area contributed by atoms with E-state index in [2.05, 4.69) is 23.3 Å². The van der Waals surface area contributed by atoms with Gasteiger partial charge in [0.25, 0.3) is 0 Å². The lowest BCUT2D eigenvalue weighted by molar-refractivity contribution is 0.619. The smallest absolute Gasteiger partial charge is 0.104 e. The van der Waals surface area contributed by atoms with E-state index in [0.717, 1.165) is 23.4 Å². The van der Waals surface area contributed by atoms with Gasteiger partial charge in [-0.25, -0.2) is 4.98 Å². The molecule has 0 fully saturated rings. The average Bonchev–Trinajstić information content (AvgIpc) is 2.81. The lowest BCUT2D eigenvalue weighted by Gasteiger charge is -2.17. The quantitative estimate of drug-likeness (QED) is 0.822. The monoisotopic (exact) mass is 274 g/mol. The Hall–Kier alpha value is -1.88. The summed E-state index contributed by atoms with van der Waals surface area (Å²) in [6, 6.07) is 6.35. The molecule has 0 saturated carbocycles. The Labute approximate surface area is 118 Å². The highest BCUT2D eigenvalue weighted by atomic mass is 32.1. The maximum absolute atomic E-state index is 5.66. The van der Waals surface area contributed by atoms with E-state index in [9.17, 15) is 0 Å². The first-order chi connectivity index (χ1) is 9.06. The molecular weight excluding hydrogens is 256 g/mol. The summed E-state index contributed by atoms with van der Waals surface area (Å²) in [5.41, 5.74) is 8.75. The Balaban J connectivity index is 2.03. The molecule has 0 bridgehead atoms. The molecule has 1 heterocycles. The molecule has 0 amide bonds. The number of aromatic nitrogens is 2. The highest BCUT2D eigenvalue weighted by molar-refractivity contribution is 7.80. The van der Waals surface area contributed by atoms with Gasteiger partial charge in [-0.1, -0.05) is 12.2 Å². The fourth-order valence-corrected chi connectivity index (χ4v) is 2.30. The predicted octanol–water partition coefficient (Wildman–Crippen LogP) is 2.33. The van der Waals surface area contributed by atoms with Crippen molar-refractivity contribution in [2.24, 2.45) is 5.73 Å². The van der Waals surface area contributed by atoms with Crippen LogP contribution in [-0.2, 0) is 6.54 Å². The minimum Gasteiger partial charge on any atom is -0.389 e. The molecule has 1 atom stereocenters. The Morgan fingerprint density at radius 2 is 2.32 bits per heavy atom. The maximum Gasteiger partial charge on any atom is 0.104 e. The summed E-state index contributed by atoms with van der Waals surface area (Å²) in [6.45, 7) is 5.02. The van der Waals surface area contributed by atoms with Crippen LogP contribution in [0.5, 0.6) is 0 Å². The van der Waals surface area contributed by atoms with Crippen molar-refractivity contribution < 1.29 is 0 Å². The first-order valence-corrected chi connectivity index (χ1v) is 6.60. The van der Waals surface area contributed by atoms with Crippen molar-refractivity contribution in [2.45, 2.75) is 26.4 Å². The molecule has 0 spiro atoms. The molecule has 0 radical (unpaired) electrons. The van der Waals surface area contributed by atoms with Crippen LogP contribution in [0.1, 0.15) is 18.1 Å². The Morgan fingerprint density at radius 1 is 1.53 bits per heavy atom. The number of hydrogen-bond acceptors (Lipinski definition) is 3. The van der Waals surface area contributed by atoms with E-state index >= 15 is 0 Å². The number of benzene rings is 1. The highest BCUT2D eigenvalue weighted by Crippen LogP contribution is 2.16. The van der Waals surface area contributed by atoms with Gasteiger partial charge < -0.3 is 15.6 Å². The molecule has 4 nitrogen and oxygen atoms in total. The van der Waals surface area contributed by atoms with Crippen LogP contribution in [0.25, 0.3) is 0 Å². The average molecular weight is 274 g/mol. The number of nitrogens with two attached hydrogens (primary N) is 1. The molecule has 0 aliphatic carbocycles. The van der Waals surface area contributed by atoms with Crippen molar-refractivity contribution in [2.75, 3.05) is 5.32 Å². The van der Waals surface area contributed by atoms with Crippen molar-refractivity contribution in [3.05, 3.63) is 48.0 Å². The van der Waals surface area contributed by atoms with Gasteiger partial charge in [0.1, 0.15) is 4.99 Å². The van der Waals surface area contributed by atoms with Crippen molar-refractivity contribution >= 4 is 22.9 Å². The van der Waals surface area contributed by atoms with E-state index in [0.29, 0.717) is 11.0 Å². The summed E-state index contributed by atoms with van der Waals surface area (Å²) in [5.74, 6) is 0. The van der Waals surface area contributed by atoms with Crippen LogP contribution >= 0.6 is 12.2 Å². The molecule has 3 N–H and O–H groups in total. The second-order valence-corrected chi connectivity index (χ2v) is 5.14. The zero-order valence-electron chi connectivity index (χ0n) is 11.1. The van der Waals surface area contributed by atoms with E-state index in [-0.39, 0.29) is 0 Å². The number of anilines is 1. The normalized spacial score (nSPS) is 12.1. The molecule has 0 aliphatic heterocycles. The Kier molecular flexibility index (Phi) is 4.16. The largest absolute Gasteiger partial charge is 0.389 e. The molecule has 5 heteroatoms. The number of hydrogen-bond donors (Lipinski definition) is 2. The summed E-state index contributed by atoms with van der Waals surface area (Å²) in [4.78, 5) is 4.47. The summed E-state index contributed by atoms with van der Waals surface area (Å²) in [6.07, 6.45) is 5.56. The van der Waals surface area contributed by atoms with Gasteiger partial charge in [0.05, 0.1) is 6.33 Å². The Bertz CT molecular complexity index is 563. The molecule has 19 heavy (non-hydrogen) atoms. The van der Waals surface area contributed by atoms with Gasteiger partial charge in [-0.3, -0.25) is 0 Å². The molecular formula is C14H18N4S. The van der Waals surface area contributed by atoms with Gasteiger partial charge in [0.15, 0.2) is 0 Å². The lowest BCUT2D eigenvalue weighted by Crippen LogP contribution is -2.21. The summed E-state index contributed by atoms with van der Waals surface area (Å²) in [5, 5.41) is 3.45. The predicted molar refractivity (Wildman–Crippen MR) is 82.4 cm³/mol. The van der Waals surface area contributed by atoms with Gasteiger partial charge >= 0.3 is 0 Å². The number of nitrogens with zero attached hydrogens (tertiary/aromatic N) is 2. The zero-order chi connectivity index (χ0) is 13.8. The van der Waals surface area contributed by atoms with Crippen LogP contribution < -0.4 is 11.1 Å². The molecule has 100 valence electrons. The topological polar surface area (TPSA) is 55.9 Å². The molecule has 1 aromatic carbocycles. The second kappa shape index (κ2) is 5.84. The van der Waals surface area contributed by atoms with Gasteiger partial charge in [-0.15, -0.1) is 0 Å². The molecule has 1 unspecified atom stereocenters. The summed E-state index contributed by atoms with van der Waals surface area (Å²) in [7, 11) is 0. The molecule has 0 saturated heterocycles. The third-order valence-corrected chi connectivity index (χ3v) is 3.17. The molecule has 2 rings (SSSR count). The van der Waals surface area contributed by atoms with E-state index in [1.165, 1.54) is 0 Å². The van der Waals surface area contributed by atoms with Crippen LogP contribution in [0.15, 0.2) is 36.9 Å². The number of nitrogens with one attached hydrogen (secondary N) is 1. The summed E-state index contributed by atoms with van der Waals surface area (Å²) < 4.78 is 2.05. The van der Waals surface area contributed by atoms with Gasteiger partial charge in [0, 0.05) is 36.2 Å². The van der Waals surface area contributed by atoms with Crippen LogP contribution in [0.2, 0.25) is 0 Å². The number of imidazole rings is 1. The van der Waals surface area contributed by atoms with Crippen LogP contribution in [0.3, 0.4) is 0 Å². The lowest BCUT2D eigenvalue weighted by atomic mass is 10.1. The van der Waals surface area contributed by atoms with Crippen LogP contribution in [0, 0.1) is 6.92 Å². The van der Waals surface area contributed by atoms with E-state index in [4.69, 9.17) is 18.0 Å². The Morgan fingerprint density at radius 3 is 2.89 bits per heavy atom. The molecule has 2 aromatic rings. The van der Waals surface area contributed by atoms with Crippen LogP contribution in [0.4, 0.5) is 5.69 Å². The first-order valence-electron chi connectivity index (χ1n) is 6.19. The van der Waals surface area contributed by atoms with E-state index < -0.39 is 0 Å². The van der Waals surface area contributed by atoms with Crippen molar-refractivity contribution in [1.82, 2.24) is 9.55 Å². The standard InChI is InChI=1S/C14H18N4S/c1-10-7-12(3-4-13(10)14(15)19)17-11(2)8-18-6-5-16-9-18/h3-7,9,11,17H,8H2,1-2H3,(H2,15,19). The SMILES string of the molecule is Cc1cc(NC(C)Cn2ccnc2)ccc1C(N)=S. The number of thiocarbonyl (C=S) groups is 1. The third-order valence-electron chi connectivity index (χ3n) is 2.95. The van der Waals surface area contributed by atoms with Gasteiger partial charge in [-0.2, -0.15) is 0 Å².